The van der Waals surface area contributed by atoms with Crippen molar-refractivity contribution in [3.05, 3.63) is 0 Å². The topological polar surface area (TPSA) is 38.3 Å². The zero-order valence-corrected chi connectivity index (χ0v) is 6.60. The highest BCUT2D eigenvalue weighted by Gasteiger charge is 2.48. The average molecular weight is 143 g/mol. The molecule has 0 aliphatic carbocycles. The van der Waals surface area contributed by atoms with E-state index in [0.717, 1.165) is 0 Å². The first-order chi connectivity index (χ1) is 4.63. The van der Waals surface area contributed by atoms with E-state index in [1.807, 2.05) is 6.92 Å². The molecule has 1 aliphatic heterocycles. The molecule has 1 unspecified atom stereocenters. The Hall–Kier alpha value is -0.410. The minimum absolute atomic E-state index is 0.0231. The number of nitrogens with one attached hydrogen (secondary N) is 1. The second kappa shape index (κ2) is 2.32. The van der Waals surface area contributed by atoms with Gasteiger partial charge in [0.15, 0.2) is 5.78 Å². The maximum atomic E-state index is 11.0. The second-order valence-electron chi connectivity index (χ2n) is 2.73. The molecule has 0 saturated carbocycles. The van der Waals surface area contributed by atoms with Crippen LogP contribution in [-0.2, 0) is 9.53 Å². The molecule has 10 heavy (non-hydrogen) atoms. The lowest BCUT2D eigenvalue weighted by Gasteiger charge is -2.45. The van der Waals surface area contributed by atoms with Gasteiger partial charge < -0.3 is 10.1 Å². The van der Waals surface area contributed by atoms with Gasteiger partial charge in [0.05, 0.1) is 12.7 Å². The summed E-state index contributed by atoms with van der Waals surface area (Å²) in [6.07, 6.45) is 0.0231. The van der Waals surface area contributed by atoms with E-state index in [-0.39, 0.29) is 17.4 Å². The van der Waals surface area contributed by atoms with Gasteiger partial charge in [-0.25, -0.2) is 0 Å². The molecule has 1 N–H and O–H groups in total. The number of carbonyl (C=O) groups is 1. The van der Waals surface area contributed by atoms with Gasteiger partial charge in [0.2, 0.25) is 0 Å². The van der Waals surface area contributed by atoms with Crippen LogP contribution < -0.4 is 5.32 Å². The predicted octanol–water partition coefficient (Wildman–Crippen LogP) is -0.0477. The van der Waals surface area contributed by atoms with Gasteiger partial charge in [-0.3, -0.25) is 4.79 Å². The highest BCUT2D eigenvalue weighted by molar-refractivity contribution is 5.88. The molecule has 2 atom stereocenters. The molecule has 0 radical (unpaired) electrons. The van der Waals surface area contributed by atoms with E-state index < -0.39 is 0 Å². The number of ether oxygens (including phenoxy) is 1. The van der Waals surface area contributed by atoms with E-state index in [9.17, 15) is 4.79 Å². The van der Waals surface area contributed by atoms with Crippen LogP contribution in [0.25, 0.3) is 0 Å². The Morgan fingerprint density at radius 1 is 1.80 bits per heavy atom. The molecular formula is C7H13NO2. The van der Waals surface area contributed by atoms with Crippen molar-refractivity contribution in [1.82, 2.24) is 5.32 Å². The van der Waals surface area contributed by atoms with E-state index in [2.05, 4.69) is 5.32 Å². The Morgan fingerprint density at radius 3 is 2.40 bits per heavy atom. The van der Waals surface area contributed by atoms with Crippen molar-refractivity contribution in [2.45, 2.75) is 25.5 Å². The van der Waals surface area contributed by atoms with Gasteiger partial charge in [-0.05, 0) is 20.9 Å². The van der Waals surface area contributed by atoms with E-state index in [1.54, 1.807) is 14.0 Å². The number of ketones is 1. The molecule has 1 aliphatic rings. The van der Waals surface area contributed by atoms with Crippen molar-refractivity contribution in [1.29, 1.82) is 0 Å². The van der Waals surface area contributed by atoms with Gasteiger partial charge in [-0.15, -0.1) is 0 Å². The molecule has 0 spiro atoms. The van der Waals surface area contributed by atoms with Crippen LogP contribution >= 0.6 is 0 Å². The van der Waals surface area contributed by atoms with Crippen LogP contribution in [0.5, 0.6) is 0 Å². The lowest BCUT2D eigenvalue weighted by Crippen LogP contribution is -2.69. The van der Waals surface area contributed by atoms with Crippen LogP contribution in [-0.4, -0.2) is 31.1 Å². The summed E-state index contributed by atoms with van der Waals surface area (Å²) in [5.41, 5.74) is -0.389. The summed E-state index contributed by atoms with van der Waals surface area (Å²) in [4.78, 5) is 11.0. The van der Waals surface area contributed by atoms with E-state index >= 15 is 0 Å². The fraction of sp³-hybridized carbons (Fsp3) is 0.857. The van der Waals surface area contributed by atoms with Crippen molar-refractivity contribution >= 4 is 5.78 Å². The van der Waals surface area contributed by atoms with E-state index in [4.69, 9.17) is 4.74 Å². The Labute approximate surface area is 60.7 Å². The molecule has 0 amide bonds. The van der Waals surface area contributed by atoms with Crippen LogP contribution in [0.1, 0.15) is 13.8 Å². The summed E-state index contributed by atoms with van der Waals surface area (Å²) >= 11 is 0. The summed E-state index contributed by atoms with van der Waals surface area (Å²) in [7, 11) is 1.79. The van der Waals surface area contributed by atoms with Gasteiger partial charge in [-0.1, -0.05) is 0 Å². The maximum Gasteiger partial charge on any atom is 0.154 e. The molecule has 0 aromatic heterocycles. The summed E-state index contributed by atoms with van der Waals surface area (Å²) in [6, 6.07) is 0. The van der Waals surface area contributed by atoms with Gasteiger partial charge in [0.25, 0.3) is 0 Å². The second-order valence-corrected chi connectivity index (χ2v) is 2.73. The molecular weight excluding hydrogens is 130 g/mol. The molecule has 3 nitrogen and oxygen atoms in total. The Kier molecular flexibility index (Phi) is 1.79. The summed E-state index contributed by atoms with van der Waals surface area (Å²) in [6.45, 7) is 4.01. The zero-order valence-electron chi connectivity index (χ0n) is 6.60. The first-order valence-corrected chi connectivity index (χ1v) is 3.45. The molecule has 1 saturated heterocycles. The minimum Gasteiger partial charge on any atom is -0.374 e. The number of hydrogen-bond acceptors (Lipinski definition) is 3. The molecule has 0 bridgehead atoms. The molecule has 3 heteroatoms. The average Bonchev–Trinajstić information content (AvgIpc) is 1.86. The first kappa shape index (κ1) is 7.69. The van der Waals surface area contributed by atoms with Crippen molar-refractivity contribution in [2.75, 3.05) is 13.7 Å². The number of Topliss-reactive ketones (excluding diaryl/α,β-unsaturated/α-hetero) is 1. The predicted molar refractivity (Wildman–Crippen MR) is 37.9 cm³/mol. The molecule has 1 fully saturated rings. The van der Waals surface area contributed by atoms with E-state index in [0.29, 0.717) is 6.61 Å². The van der Waals surface area contributed by atoms with Gasteiger partial charge >= 0.3 is 0 Å². The highest BCUT2D eigenvalue weighted by atomic mass is 16.5. The molecule has 0 aromatic rings. The summed E-state index contributed by atoms with van der Waals surface area (Å²) in [5.74, 6) is 0.161. The van der Waals surface area contributed by atoms with Gasteiger partial charge in [0.1, 0.15) is 5.54 Å². The zero-order chi connectivity index (χ0) is 7.78. The monoisotopic (exact) mass is 143 g/mol. The van der Waals surface area contributed by atoms with Gasteiger partial charge in [-0.2, -0.15) is 0 Å². The molecule has 1 heterocycles. The smallest absolute Gasteiger partial charge is 0.154 e. The normalized spacial score (nSPS) is 38.9. The van der Waals surface area contributed by atoms with Crippen LogP contribution in [0.15, 0.2) is 0 Å². The van der Waals surface area contributed by atoms with Crippen LogP contribution in [0, 0.1) is 0 Å². The van der Waals surface area contributed by atoms with E-state index in [1.165, 1.54) is 0 Å². The van der Waals surface area contributed by atoms with Gasteiger partial charge in [0, 0.05) is 0 Å². The lowest BCUT2D eigenvalue weighted by molar-refractivity contribution is -0.162. The standard InChI is InChI=1S/C7H13NO2/c1-5(9)7(8-3)4-10-6(7)2/h6,8H,4H2,1-3H3/t6-,7?/m1/s1. The number of likely N-dealkylation sites (N-methyl/N-ethyl adjacent to an activating group) is 1. The maximum absolute atomic E-state index is 11.0. The SMILES string of the molecule is CNC1(C(C)=O)CO[C@@H]1C. The number of hydrogen-bond donors (Lipinski definition) is 1. The van der Waals surface area contributed by atoms with Crippen LogP contribution in [0.4, 0.5) is 0 Å². The lowest BCUT2D eigenvalue weighted by atomic mass is 9.85. The van der Waals surface area contributed by atoms with Crippen molar-refractivity contribution in [3.63, 3.8) is 0 Å². The van der Waals surface area contributed by atoms with Crippen molar-refractivity contribution < 1.29 is 9.53 Å². The van der Waals surface area contributed by atoms with Crippen LogP contribution in [0.3, 0.4) is 0 Å². The molecule has 58 valence electrons. The van der Waals surface area contributed by atoms with Crippen molar-refractivity contribution in [2.24, 2.45) is 0 Å². The third-order valence-electron chi connectivity index (χ3n) is 2.33. The summed E-state index contributed by atoms with van der Waals surface area (Å²) < 4.78 is 5.12. The molecule has 1 rings (SSSR count). The quantitative estimate of drug-likeness (QED) is 0.589. The fourth-order valence-electron chi connectivity index (χ4n) is 1.26. The minimum atomic E-state index is -0.389. The Morgan fingerprint density at radius 2 is 2.40 bits per heavy atom. The molecule has 0 aromatic carbocycles. The van der Waals surface area contributed by atoms with Crippen LogP contribution in [0.2, 0.25) is 0 Å². The fourth-order valence-corrected chi connectivity index (χ4v) is 1.26. The Bertz CT molecular complexity index is 154. The number of rotatable bonds is 2. The first-order valence-electron chi connectivity index (χ1n) is 3.45. The highest BCUT2D eigenvalue weighted by Crippen LogP contribution is 2.25. The summed E-state index contributed by atoms with van der Waals surface area (Å²) in [5, 5.41) is 2.99. The Balaban J connectivity index is 2.69. The largest absolute Gasteiger partial charge is 0.374 e. The third kappa shape index (κ3) is 0.777. The third-order valence-corrected chi connectivity index (χ3v) is 2.33. The number of carbonyl (C=O) groups excluding carboxylic acids is 1. The van der Waals surface area contributed by atoms with Crippen molar-refractivity contribution in [3.8, 4) is 0 Å².